The van der Waals surface area contributed by atoms with E-state index in [-0.39, 0.29) is 11.5 Å². The first-order chi connectivity index (χ1) is 9.51. The van der Waals surface area contributed by atoms with Gasteiger partial charge in [-0.3, -0.25) is 9.59 Å². The fourth-order valence-corrected chi connectivity index (χ4v) is 1.73. The molecule has 110 valence electrons. The van der Waals surface area contributed by atoms with Gasteiger partial charge in [-0.1, -0.05) is 6.07 Å². The zero-order valence-electron chi connectivity index (χ0n) is 12.0. The minimum atomic E-state index is -0.642. The number of rotatable bonds is 6. The molecule has 1 aromatic rings. The van der Waals surface area contributed by atoms with Crippen LogP contribution < -0.4 is 21.1 Å². The summed E-state index contributed by atoms with van der Waals surface area (Å²) in [5, 5.41) is 5.25. The summed E-state index contributed by atoms with van der Waals surface area (Å²) in [5.74, 6) is -0.258. The standard InChI is InChI=1S/C14H21N3O3/c1-4-16-13(18)9(3)17-14(19)12-10(15)7-6-8-11(12)20-5-2/h6-9H,4-5,15H2,1-3H3,(H,16,18)(H,17,19). The normalized spacial score (nSPS) is 11.6. The molecule has 0 heterocycles. The number of carbonyl (C=O) groups is 2. The second-order valence-corrected chi connectivity index (χ2v) is 4.24. The summed E-state index contributed by atoms with van der Waals surface area (Å²) >= 11 is 0. The van der Waals surface area contributed by atoms with Gasteiger partial charge in [0.15, 0.2) is 0 Å². The van der Waals surface area contributed by atoms with Crippen LogP contribution in [0.1, 0.15) is 31.1 Å². The quantitative estimate of drug-likeness (QED) is 0.675. The fraction of sp³-hybridized carbons (Fsp3) is 0.429. The Morgan fingerprint density at radius 3 is 2.65 bits per heavy atom. The maximum absolute atomic E-state index is 12.2. The van der Waals surface area contributed by atoms with E-state index in [0.717, 1.165) is 0 Å². The molecule has 1 aromatic carbocycles. The van der Waals surface area contributed by atoms with E-state index in [4.69, 9.17) is 10.5 Å². The molecule has 6 heteroatoms. The van der Waals surface area contributed by atoms with Gasteiger partial charge in [-0.2, -0.15) is 0 Å². The van der Waals surface area contributed by atoms with E-state index in [0.29, 0.717) is 24.6 Å². The molecule has 0 saturated heterocycles. The van der Waals surface area contributed by atoms with E-state index >= 15 is 0 Å². The van der Waals surface area contributed by atoms with Crippen molar-refractivity contribution in [3.05, 3.63) is 23.8 Å². The van der Waals surface area contributed by atoms with Crippen molar-refractivity contribution in [3.63, 3.8) is 0 Å². The van der Waals surface area contributed by atoms with Crippen LogP contribution >= 0.6 is 0 Å². The zero-order chi connectivity index (χ0) is 15.1. The average Bonchev–Trinajstić information content (AvgIpc) is 2.39. The second kappa shape index (κ2) is 7.37. The highest BCUT2D eigenvalue weighted by molar-refractivity contribution is 6.03. The first-order valence-electron chi connectivity index (χ1n) is 6.61. The minimum absolute atomic E-state index is 0.242. The van der Waals surface area contributed by atoms with Crippen molar-refractivity contribution in [1.82, 2.24) is 10.6 Å². The van der Waals surface area contributed by atoms with Crippen molar-refractivity contribution in [3.8, 4) is 5.75 Å². The molecule has 4 N–H and O–H groups in total. The van der Waals surface area contributed by atoms with Gasteiger partial charge >= 0.3 is 0 Å². The van der Waals surface area contributed by atoms with Crippen LogP contribution in [0.4, 0.5) is 5.69 Å². The lowest BCUT2D eigenvalue weighted by Gasteiger charge is -2.16. The van der Waals surface area contributed by atoms with E-state index in [1.54, 1.807) is 25.1 Å². The Balaban J connectivity index is 2.89. The highest BCUT2D eigenvalue weighted by atomic mass is 16.5. The Bertz CT molecular complexity index is 489. The molecular weight excluding hydrogens is 258 g/mol. The Labute approximate surface area is 118 Å². The molecule has 1 unspecified atom stereocenters. The van der Waals surface area contributed by atoms with Crippen molar-refractivity contribution in [2.75, 3.05) is 18.9 Å². The molecule has 0 saturated carbocycles. The third-order valence-corrected chi connectivity index (χ3v) is 2.68. The summed E-state index contributed by atoms with van der Waals surface area (Å²) in [5.41, 5.74) is 6.39. The summed E-state index contributed by atoms with van der Waals surface area (Å²) in [4.78, 5) is 23.8. The maximum atomic E-state index is 12.2. The molecule has 0 bridgehead atoms. The Hall–Kier alpha value is -2.24. The van der Waals surface area contributed by atoms with Crippen LogP contribution in [0.15, 0.2) is 18.2 Å². The van der Waals surface area contributed by atoms with E-state index in [1.807, 2.05) is 13.8 Å². The van der Waals surface area contributed by atoms with Gasteiger partial charge in [0.05, 0.1) is 6.61 Å². The lowest BCUT2D eigenvalue weighted by Crippen LogP contribution is -2.44. The van der Waals surface area contributed by atoms with Gasteiger partial charge < -0.3 is 21.1 Å². The molecule has 20 heavy (non-hydrogen) atoms. The van der Waals surface area contributed by atoms with Crippen molar-refractivity contribution in [2.45, 2.75) is 26.8 Å². The zero-order valence-corrected chi connectivity index (χ0v) is 12.0. The van der Waals surface area contributed by atoms with Gasteiger partial charge in [-0.05, 0) is 32.9 Å². The van der Waals surface area contributed by atoms with Gasteiger partial charge in [-0.25, -0.2) is 0 Å². The number of benzene rings is 1. The molecule has 0 aromatic heterocycles. The fourth-order valence-electron chi connectivity index (χ4n) is 1.73. The third kappa shape index (κ3) is 3.88. The number of anilines is 1. The molecule has 0 aliphatic rings. The van der Waals surface area contributed by atoms with Crippen LogP contribution in [0.25, 0.3) is 0 Å². The lowest BCUT2D eigenvalue weighted by molar-refractivity contribution is -0.122. The second-order valence-electron chi connectivity index (χ2n) is 4.24. The molecule has 0 fully saturated rings. The van der Waals surface area contributed by atoms with Crippen molar-refractivity contribution >= 4 is 17.5 Å². The topological polar surface area (TPSA) is 93.5 Å². The highest BCUT2D eigenvalue weighted by Crippen LogP contribution is 2.24. The lowest BCUT2D eigenvalue weighted by atomic mass is 10.1. The van der Waals surface area contributed by atoms with Crippen LogP contribution in [0.5, 0.6) is 5.75 Å². The summed E-state index contributed by atoms with van der Waals surface area (Å²) < 4.78 is 5.39. The van der Waals surface area contributed by atoms with E-state index in [9.17, 15) is 9.59 Å². The molecule has 2 amide bonds. The first-order valence-corrected chi connectivity index (χ1v) is 6.61. The summed E-state index contributed by atoms with van der Waals surface area (Å²) in [6, 6.07) is 4.36. The van der Waals surface area contributed by atoms with Gasteiger partial charge in [0.1, 0.15) is 17.4 Å². The largest absolute Gasteiger partial charge is 0.493 e. The van der Waals surface area contributed by atoms with Crippen LogP contribution in [0, 0.1) is 0 Å². The number of hydrogen-bond donors (Lipinski definition) is 3. The molecule has 6 nitrogen and oxygen atoms in total. The van der Waals surface area contributed by atoms with Gasteiger partial charge in [-0.15, -0.1) is 0 Å². The van der Waals surface area contributed by atoms with Crippen LogP contribution in [0.3, 0.4) is 0 Å². The molecule has 0 radical (unpaired) electrons. The Morgan fingerprint density at radius 1 is 1.35 bits per heavy atom. The smallest absolute Gasteiger partial charge is 0.257 e. The van der Waals surface area contributed by atoms with Crippen molar-refractivity contribution < 1.29 is 14.3 Å². The number of ether oxygens (including phenoxy) is 1. The average molecular weight is 279 g/mol. The summed E-state index contributed by atoms with van der Waals surface area (Å²) in [6.07, 6.45) is 0. The SMILES string of the molecule is CCNC(=O)C(C)NC(=O)c1c(N)cccc1OCC. The predicted octanol–water partition coefficient (Wildman–Crippen LogP) is 0.922. The number of likely N-dealkylation sites (N-methyl/N-ethyl adjacent to an activating group) is 1. The molecular formula is C14H21N3O3. The van der Waals surface area contributed by atoms with Crippen molar-refractivity contribution in [2.24, 2.45) is 0 Å². The molecule has 0 aliphatic heterocycles. The number of nitrogens with two attached hydrogens (primary N) is 1. The van der Waals surface area contributed by atoms with Crippen molar-refractivity contribution in [1.29, 1.82) is 0 Å². The van der Waals surface area contributed by atoms with E-state index in [1.165, 1.54) is 0 Å². The Kier molecular flexibility index (Phi) is 5.83. The number of nitrogen functional groups attached to an aromatic ring is 1. The van der Waals surface area contributed by atoms with Crippen LogP contribution in [0.2, 0.25) is 0 Å². The molecule has 1 atom stereocenters. The number of amides is 2. The third-order valence-electron chi connectivity index (χ3n) is 2.68. The number of nitrogens with one attached hydrogen (secondary N) is 2. The number of carbonyl (C=O) groups excluding carboxylic acids is 2. The van der Waals surface area contributed by atoms with Crippen LogP contribution in [-0.2, 0) is 4.79 Å². The molecule has 0 aliphatic carbocycles. The summed E-state index contributed by atoms with van der Waals surface area (Å²) in [6.45, 7) is 6.19. The molecule has 1 rings (SSSR count). The minimum Gasteiger partial charge on any atom is -0.493 e. The summed E-state index contributed by atoms with van der Waals surface area (Å²) in [7, 11) is 0. The monoisotopic (exact) mass is 279 g/mol. The number of hydrogen-bond acceptors (Lipinski definition) is 4. The van der Waals surface area contributed by atoms with Gasteiger partial charge in [0, 0.05) is 12.2 Å². The van der Waals surface area contributed by atoms with Crippen LogP contribution in [-0.4, -0.2) is 31.0 Å². The maximum Gasteiger partial charge on any atom is 0.257 e. The van der Waals surface area contributed by atoms with E-state index in [2.05, 4.69) is 10.6 Å². The molecule has 0 spiro atoms. The highest BCUT2D eigenvalue weighted by Gasteiger charge is 2.20. The van der Waals surface area contributed by atoms with Gasteiger partial charge in [0.25, 0.3) is 5.91 Å². The van der Waals surface area contributed by atoms with Gasteiger partial charge in [0.2, 0.25) is 5.91 Å². The predicted molar refractivity (Wildman–Crippen MR) is 77.6 cm³/mol. The Morgan fingerprint density at radius 2 is 2.05 bits per heavy atom. The van der Waals surface area contributed by atoms with E-state index < -0.39 is 11.9 Å². The first kappa shape index (κ1) is 15.8.